The zero-order valence-electron chi connectivity index (χ0n) is 21.5. The third kappa shape index (κ3) is 6.42. The summed E-state index contributed by atoms with van der Waals surface area (Å²) >= 11 is 1.26. The van der Waals surface area contributed by atoms with Crippen LogP contribution in [0.3, 0.4) is 0 Å². The number of carbonyl (C=O) groups excluding carboxylic acids is 1. The summed E-state index contributed by atoms with van der Waals surface area (Å²) in [4.78, 5) is 20.4. The molecule has 0 fully saturated rings. The summed E-state index contributed by atoms with van der Waals surface area (Å²) in [5, 5.41) is 0.672. The molecule has 0 saturated heterocycles. The van der Waals surface area contributed by atoms with Gasteiger partial charge in [0.05, 0.1) is 22.9 Å². The first-order valence-corrected chi connectivity index (χ1v) is 14.6. The maximum atomic E-state index is 11.8. The van der Waals surface area contributed by atoms with Crippen molar-refractivity contribution in [2.75, 3.05) is 20.0 Å². The first-order valence-electron chi connectivity index (χ1n) is 11.8. The molecule has 0 aliphatic rings. The number of nitrogens with zero attached hydrogens (tertiary/aromatic N) is 1. The number of thiazole rings is 1. The van der Waals surface area contributed by atoms with Gasteiger partial charge in [-0.25, -0.2) is 13.4 Å². The maximum absolute atomic E-state index is 11.8. The Hall–Kier alpha value is -3.67. The lowest BCUT2D eigenvalue weighted by Crippen LogP contribution is -2.17. The van der Waals surface area contributed by atoms with Crippen LogP contribution in [0.1, 0.15) is 29.2 Å². The summed E-state index contributed by atoms with van der Waals surface area (Å²) in [6, 6.07) is 15.5. The molecule has 4 aromatic rings. The van der Waals surface area contributed by atoms with Crippen LogP contribution in [0, 0.1) is 0 Å². The van der Waals surface area contributed by atoms with Crippen LogP contribution in [-0.4, -0.2) is 50.4 Å². The van der Waals surface area contributed by atoms with Gasteiger partial charge in [-0.2, -0.15) is 0 Å². The van der Waals surface area contributed by atoms with Crippen molar-refractivity contribution in [3.63, 3.8) is 0 Å². The van der Waals surface area contributed by atoms with E-state index in [2.05, 4.69) is 9.97 Å². The lowest BCUT2D eigenvalue weighted by Gasteiger charge is -2.16. The van der Waals surface area contributed by atoms with Crippen LogP contribution in [-0.2, 0) is 21.0 Å². The minimum absolute atomic E-state index is 0.202. The van der Waals surface area contributed by atoms with Gasteiger partial charge in [0.25, 0.3) is 5.91 Å². The molecule has 0 unspecified atom stereocenters. The quantitative estimate of drug-likeness (QED) is 0.264. The molecule has 11 heteroatoms. The van der Waals surface area contributed by atoms with E-state index < -0.39 is 15.7 Å². The molecule has 4 rings (SSSR count). The van der Waals surface area contributed by atoms with Crippen LogP contribution >= 0.6 is 11.3 Å². The molecule has 3 N–H and O–H groups in total. The molecule has 1 amide bonds. The van der Waals surface area contributed by atoms with Gasteiger partial charge in [-0.15, -0.1) is 11.3 Å². The molecular weight excluding hydrogens is 526 g/mol. The van der Waals surface area contributed by atoms with E-state index in [-0.39, 0.29) is 11.0 Å². The Morgan fingerprint density at radius 1 is 1.05 bits per heavy atom. The average Bonchev–Trinajstić information content (AvgIpc) is 3.51. The number of carbonyl (C=O) groups is 1. The number of aryl methyl sites for hydroxylation is 1. The number of H-pyrrole nitrogens is 1. The lowest BCUT2D eigenvalue weighted by atomic mass is 10.1. The fraction of sp³-hybridized carbons (Fsp3) is 0.259. The SMILES string of the molecule is CCc1nc(-c2ccc(-c3cc(Oc4ccc(S(C)(=O)=O)cc4)cc(O[C@@H](C)COC)c3)[nH]2)sc1C(N)=O. The van der Waals surface area contributed by atoms with Crippen molar-refractivity contribution in [1.82, 2.24) is 9.97 Å². The van der Waals surface area contributed by atoms with Crippen LogP contribution in [0.25, 0.3) is 22.0 Å². The minimum Gasteiger partial charge on any atom is -0.488 e. The van der Waals surface area contributed by atoms with Crippen molar-refractivity contribution in [2.45, 2.75) is 31.3 Å². The second kappa shape index (κ2) is 11.4. The fourth-order valence-electron chi connectivity index (χ4n) is 3.83. The van der Waals surface area contributed by atoms with Crippen molar-refractivity contribution in [1.29, 1.82) is 0 Å². The molecule has 1 atom stereocenters. The number of rotatable bonds is 11. The highest BCUT2D eigenvalue weighted by atomic mass is 32.2. The topological polar surface area (TPSA) is 134 Å². The number of amides is 1. The van der Waals surface area contributed by atoms with Crippen molar-refractivity contribution in [3.05, 3.63) is 65.2 Å². The van der Waals surface area contributed by atoms with Gasteiger partial charge >= 0.3 is 0 Å². The number of hydrogen-bond donors (Lipinski definition) is 2. The summed E-state index contributed by atoms with van der Waals surface area (Å²) in [5.41, 5.74) is 8.53. The average molecular weight is 556 g/mol. The standard InChI is InChI=1S/C27H29N3O6S2/c1-5-22-25(26(28)31)37-27(30-22)24-11-10-23(29-24)17-12-19(35-16(2)15-34-3)14-20(13-17)36-18-6-8-21(9-7-18)38(4,32)33/h6-14,16,29H,5,15H2,1-4H3,(H2,28,31)/t16-/m0/s1. The first kappa shape index (κ1) is 27.4. The van der Waals surface area contributed by atoms with E-state index in [0.717, 1.165) is 23.2 Å². The van der Waals surface area contributed by atoms with Crippen LogP contribution in [0.15, 0.2) is 59.5 Å². The van der Waals surface area contributed by atoms with Gasteiger partial charge in [0.2, 0.25) is 0 Å². The van der Waals surface area contributed by atoms with E-state index in [1.54, 1.807) is 25.3 Å². The molecule has 38 heavy (non-hydrogen) atoms. The third-order valence-electron chi connectivity index (χ3n) is 5.59. The smallest absolute Gasteiger partial charge is 0.260 e. The van der Waals surface area contributed by atoms with Crippen LogP contribution in [0.4, 0.5) is 0 Å². The molecule has 0 radical (unpaired) electrons. The van der Waals surface area contributed by atoms with Gasteiger partial charge < -0.3 is 24.9 Å². The summed E-state index contributed by atoms with van der Waals surface area (Å²) < 4.78 is 40.9. The highest BCUT2D eigenvalue weighted by Gasteiger charge is 2.17. The predicted octanol–water partition coefficient (Wildman–Crippen LogP) is 5.08. The Morgan fingerprint density at radius 3 is 2.34 bits per heavy atom. The number of benzene rings is 2. The molecule has 0 aliphatic carbocycles. The number of hydrogen-bond acceptors (Lipinski definition) is 8. The van der Waals surface area contributed by atoms with Gasteiger partial charge in [-0.05, 0) is 61.9 Å². The molecule has 0 spiro atoms. The molecule has 0 saturated carbocycles. The summed E-state index contributed by atoms with van der Waals surface area (Å²) in [7, 11) is -1.70. The Morgan fingerprint density at radius 2 is 1.74 bits per heavy atom. The number of sulfone groups is 1. The number of primary amides is 1. The monoisotopic (exact) mass is 555 g/mol. The zero-order valence-corrected chi connectivity index (χ0v) is 23.1. The maximum Gasteiger partial charge on any atom is 0.260 e. The lowest BCUT2D eigenvalue weighted by molar-refractivity contribution is 0.0920. The Labute approximate surface area is 225 Å². The largest absolute Gasteiger partial charge is 0.488 e. The van der Waals surface area contributed by atoms with Crippen molar-refractivity contribution >= 4 is 27.1 Å². The number of nitrogens with two attached hydrogens (primary N) is 1. The molecule has 9 nitrogen and oxygen atoms in total. The number of ether oxygens (including phenoxy) is 3. The van der Waals surface area contributed by atoms with Crippen LogP contribution in [0.5, 0.6) is 17.2 Å². The zero-order chi connectivity index (χ0) is 27.4. The first-order chi connectivity index (χ1) is 18.1. The van der Waals surface area contributed by atoms with E-state index in [9.17, 15) is 13.2 Å². The Kier molecular flexibility index (Phi) is 8.20. The van der Waals surface area contributed by atoms with Gasteiger partial charge in [0.1, 0.15) is 33.2 Å². The summed E-state index contributed by atoms with van der Waals surface area (Å²) in [5.74, 6) is 1.07. The fourth-order valence-corrected chi connectivity index (χ4v) is 5.45. The molecule has 200 valence electrons. The van der Waals surface area contributed by atoms with Crippen LogP contribution in [0.2, 0.25) is 0 Å². The second-order valence-electron chi connectivity index (χ2n) is 8.72. The third-order valence-corrected chi connectivity index (χ3v) is 7.86. The molecule has 0 bridgehead atoms. The number of aromatic nitrogens is 2. The predicted molar refractivity (Wildman–Crippen MR) is 147 cm³/mol. The Bertz CT molecular complexity index is 1540. The van der Waals surface area contributed by atoms with Gasteiger partial charge in [-0.1, -0.05) is 6.92 Å². The van der Waals surface area contributed by atoms with Gasteiger partial charge in [0.15, 0.2) is 9.84 Å². The minimum atomic E-state index is -3.31. The van der Waals surface area contributed by atoms with E-state index in [0.29, 0.717) is 45.9 Å². The Balaban J connectivity index is 1.68. The van der Waals surface area contributed by atoms with E-state index in [1.165, 1.54) is 23.5 Å². The van der Waals surface area contributed by atoms with Crippen molar-refractivity contribution in [3.8, 4) is 39.2 Å². The molecular formula is C27H29N3O6S2. The van der Waals surface area contributed by atoms with Gasteiger partial charge in [-0.3, -0.25) is 4.79 Å². The molecule has 2 aromatic carbocycles. The van der Waals surface area contributed by atoms with E-state index >= 15 is 0 Å². The summed E-state index contributed by atoms with van der Waals surface area (Å²) in [6.07, 6.45) is 1.56. The normalized spacial score (nSPS) is 12.3. The number of methoxy groups -OCH3 is 1. The summed E-state index contributed by atoms with van der Waals surface area (Å²) in [6.45, 7) is 4.24. The van der Waals surface area contributed by atoms with Gasteiger partial charge in [0, 0.05) is 30.7 Å². The van der Waals surface area contributed by atoms with Crippen LogP contribution < -0.4 is 15.2 Å². The highest BCUT2D eigenvalue weighted by Crippen LogP contribution is 2.35. The van der Waals surface area contributed by atoms with Crippen molar-refractivity contribution < 1.29 is 27.4 Å². The number of aromatic amines is 1. The van der Waals surface area contributed by atoms with E-state index in [4.69, 9.17) is 19.9 Å². The molecule has 2 aromatic heterocycles. The molecule has 0 aliphatic heterocycles. The highest BCUT2D eigenvalue weighted by molar-refractivity contribution is 7.90. The van der Waals surface area contributed by atoms with E-state index in [1.807, 2.05) is 38.1 Å². The van der Waals surface area contributed by atoms with Crippen molar-refractivity contribution in [2.24, 2.45) is 5.73 Å². The second-order valence-corrected chi connectivity index (χ2v) is 11.7. The number of nitrogens with one attached hydrogen (secondary N) is 1. The molecule has 2 heterocycles.